The number of aromatic amines is 1. The van der Waals surface area contributed by atoms with E-state index >= 15 is 4.39 Å². The number of ketones is 1. The van der Waals surface area contributed by atoms with Crippen LogP contribution in [-0.2, 0) is 10.0 Å². The minimum absolute atomic E-state index is 0.152. The number of pyridine rings is 1. The molecule has 2 aromatic carbocycles. The first-order valence-corrected chi connectivity index (χ1v) is 13.3. The lowest BCUT2D eigenvalue weighted by Gasteiger charge is -2.13. The summed E-state index contributed by atoms with van der Waals surface area (Å²) in [4.78, 5) is 20.9. The van der Waals surface area contributed by atoms with Gasteiger partial charge in [0.1, 0.15) is 5.65 Å². The molecule has 0 aliphatic heterocycles. The molecular weight excluding hydrogens is 481 g/mol. The van der Waals surface area contributed by atoms with Gasteiger partial charge in [0.05, 0.1) is 28.4 Å². The van der Waals surface area contributed by atoms with Gasteiger partial charge in [0.2, 0.25) is 10.0 Å². The highest BCUT2D eigenvalue weighted by molar-refractivity contribution is 7.92. The second kappa shape index (κ2) is 9.98. The number of nitrogen functional groups attached to an aromatic ring is 1. The number of anilines is 3. The molecule has 10 heteroatoms. The Balaban J connectivity index is 1.76. The second-order valence-electron chi connectivity index (χ2n) is 8.52. The summed E-state index contributed by atoms with van der Waals surface area (Å²) in [6, 6.07) is 10.3. The van der Waals surface area contributed by atoms with Crippen molar-refractivity contribution >= 4 is 43.9 Å². The van der Waals surface area contributed by atoms with Gasteiger partial charge in [-0.25, -0.2) is 17.8 Å². The number of fused-ring (bicyclic) bond motifs is 1. The van der Waals surface area contributed by atoms with Gasteiger partial charge in [-0.3, -0.25) is 9.52 Å². The minimum atomic E-state index is -3.73. The number of nitrogens with one attached hydrogen (secondary N) is 3. The van der Waals surface area contributed by atoms with E-state index in [1.165, 1.54) is 18.3 Å². The van der Waals surface area contributed by atoms with E-state index in [-0.39, 0.29) is 22.6 Å². The molecule has 0 saturated heterocycles. The highest BCUT2D eigenvalue weighted by Crippen LogP contribution is 2.31. The molecule has 4 rings (SSSR count). The summed E-state index contributed by atoms with van der Waals surface area (Å²) >= 11 is 0. The molecule has 0 unspecified atom stereocenters. The summed E-state index contributed by atoms with van der Waals surface area (Å²) in [5, 5.41) is 3.71. The molecule has 0 aliphatic carbocycles. The lowest BCUT2D eigenvalue weighted by molar-refractivity contribution is 0.103. The fourth-order valence-corrected chi connectivity index (χ4v) is 5.23. The van der Waals surface area contributed by atoms with Crippen molar-refractivity contribution in [3.8, 4) is 11.1 Å². The highest BCUT2D eigenvalue weighted by atomic mass is 32.2. The van der Waals surface area contributed by atoms with E-state index in [9.17, 15) is 13.2 Å². The van der Waals surface area contributed by atoms with Crippen LogP contribution in [0.15, 0.2) is 48.8 Å². The lowest BCUT2D eigenvalue weighted by Crippen LogP contribution is -2.18. The van der Waals surface area contributed by atoms with Crippen molar-refractivity contribution in [3.63, 3.8) is 0 Å². The molecule has 0 saturated carbocycles. The third-order valence-electron chi connectivity index (χ3n) is 5.84. The van der Waals surface area contributed by atoms with Crippen LogP contribution in [0.3, 0.4) is 0 Å². The minimum Gasteiger partial charge on any atom is -0.397 e. The van der Waals surface area contributed by atoms with Gasteiger partial charge in [-0.05, 0) is 55.7 Å². The standard InChI is InChI=1S/C26H28FN5O3S/c1-4-10-36(34,35)32-22-8-6-15(3)23(24(22)27)25(33)19-14-31-26-18(19)11-17(13-30-26)16-7-9-21(29-5-2)20(28)12-16/h6-9,11-14,29,32H,4-5,10,28H2,1-3H3,(H,30,31). The average molecular weight is 510 g/mol. The Morgan fingerprint density at radius 2 is 1.86 bits per heavy atom. The summed E-state index contributed by atoms with van der Waals surface area (Å²) in [6.45, 7) is 6.04. The van der Waals surface area contributed by atoms with Crippen molar-refractivity contribution in [2.24, 2.45) is 0 Å². The highest BCUT2D eigenvalue weighted by Gasteiger charge is 2.24. The van der Waals surface area contributed by atoms with E-state index in [0.29, 0.717) is 28.7 Å². The van der Waals surface area contributed by atoms with Gasteiger partial charge in [-0.1, -0.05) is 19.1 Å². The zero-order valence-corrected chi connectivity index (χ0v) is 21.1. The number of rotatable bonds is 9. The van der Waals surface area contributed by atoms with Gasteiger partial charge in [0.15, 0.2) is 11.6 Å². The summed E-state index contributed by atoms with van der Waals surface area (Å²) in [5.41, 5.74) is 9.77. The molecule has 36 heavy (non-hydrogen) atoms. The zero-order chi connectivity index (χ0) is 26.0. The van der Waals surface area contributed by atoms with E-state index < -0.39 is 21.6 Å². The first-order chi connectivity index (χ1) is 17.1. The van der Waals surface area contributed by atoms with E-state index in [0.717, 1.165) is 23.4 Å². The van der Waals surface area contributed by atoms with Crippen LogP contribution in [-0.4, -0.2) is 36.5 Å². The number of benzene rings is 2. The number of carbonyl (C=O) groups is 1. The molecule has 4 aromatic rings. The summed E-state index contributed by atoms with van der Waals surface area (Å²) in [7, 11) is -3.73. The zero-order valence-electron chi connectivity index (χ0n) is 20.3. The number of nitrogens with zero attached hydrogens (tertiary/aromatic N) is 1. The van der Waals surface area contributed by atoms with E-state index in [4.69, 9.17) is 5.73 Å². The first-order valence-electron chi connectivity index (χ1n) is 11.6. The fraction of sp³-hybridized carbons (Fsp3) is 0.231. The maximum absolute atomic E-state index is 15.4. The maximum Gasteiger partial charge on any atom is 0.232 e. The number of H-pyrrole nitrogens is 1. The van der Waals surface area contributed by atoms with Crippen LogP contribution in [0.1, 0.15) is 41.8 Å². The van der Waals surface area contributed by atoms with Crippen LogP contribution in [0, 0.1) is 12.7 Å². The van der Waals surface area contributed by atoms with Gasteiger partial charge >= 0.3 is 0 Å². The van der Waals surface area contributed by atoms with Crippen LogP contribution in [0.4, 0.5) is 21.5 Å². The molecule has 0 radical (unpaired) electrons. The third kappa shape index (κ3) is 4.90. The Morgan fingerprint density at radius 3 is 2.56 bits per heavy atom. The van der Waals surface area contributed by atoms with E-state index in [1.807, 2.05) is 25.1 Å². The average Bonchev–Trinajstić information content (AvgIpc) is 3.25. The van der Waals surface area contributed by atoms with Crippen molar-refractivity contribution in [1.29, 1.82) is 0 Å². The Labute approximate surface area is 209 Å². The number of nitrogens with two attached hydrogens (primary N) is 1. The van der Waals surface area contributed by atoms with Crippen LogP contribution in [0.25, 0.3) is 22.2 Å². The third-order valence-corrected chi connectivity index (χ3v) is 7.32. The van der Waals surface area contributed by atoms with Gasteiger partial charge in [-0.2, -0.15) is 0 Å². The van der Waals surface area contributed by atoms with Crippen LogP contribution < -0.4 is 15.8 Å². The number of aromatic nitrogens is 2. The number of carbonyl (C=O) groups excluding carboxylic acids is 1. The molecule has 0 fully saturated rings. The normalized spacial score (nSPS) is 11.6. The van der Waals surface area contributed by atoms with Crippen LogP contribution >= 0.6 is 0 Å². The molecule has 8 nitrogen and oxygen atoms in total. The Hall–Kier alpha value is -3.92. The molecule has 2 aromatic heterocycles. The molecule has 5 N–H and O–H groups in total. The monoisotopic (exact) mass is 509 g/mol. The van der Waals surface area contributed by atoms with E-state index in [2.05, 4.69) is 20.0 Å². The van der Waals surface area contributed by atoms with Crippen molar-refractivity contribution < 1.29 is 17.6 Å². The van der Waals surface area contributed by atoms with Gasteiger partial charge in [0, 0.05) is 35.5 Å². The maximum atomic E-state index is 15.4. The van der Waals surface area contributed by atoms with Gasteiger partial charge in [-0.15, -0.1) is 0 Å². The summed E-state index contributed by atoms with van der Waals surface area (Å²) < 4.78 is 42.1. The molecule has 0 amide bonds. The van der Waals surface area contributed by atoms with E-state index in [1.54, 1.807) is 26.1 Å². The number of hydrogen-bond acceptors (Lipinski definition) is 6. The Bertz CT molecular complexity index is 1560. The first kappa shape index (κ1) is 25.2. The molecule has 0 aliphatic rings. The lowest BCUT2D eigenvalue weighted by atomic mass is 9.97. The number of halogens is 1. The quantitative estimate of drug-likeness (QED) is 0.184. The predicted molar refractivity (Wildman–Crippen MR) is 142 cm³/mol. The molecule has 0 atom stereocenters. The number of aryl methyl sites for hydroxylation is 1. The van der Waals surface area contributed by atoms with Crippen molar-refractivity contribution in [1.82, 2.24) is 9.97 Å². The molecular formula is C26H28FN5O3S. The summed E-state index contributed by atoms with van der Waals surface area (Å²) in [6.07, 6.45) is 3.53. The van der Waals surface area contributed by atoms with Crippen LogP contribution in [0.2, 0.25) is 0 Å². The second-order valence-corrected chi connectivity index (χ2v) is 10.4. The molecule has 188 valence electrons. The van der Waals surface area contributed by atoms with Gasteiger partial charge in [0.25, 0.3) is 0 Å². The Kier molecular flexibility index (Phi) is 6.98. The van der Waals surface area contributed by atoms with Crippen molar-refractivity contribution in [2.75, 3.05) is 28.1 Å². The molecule has 0 bridgehead atoms. The fourth-order valence-electron chi connectivity index (χ4n) is 4.09. The van der Waals surface area contributed by atoms with Crippen molar-refractivity contribution in [3.05, 3.63) is 71.3 Å². The predicted octanol–water partition coefficient (Wildman–Crippen LogP) is 5.07. The number of hydrogen-bond donors (Lipinski definition) is 4. The molecule has 0 spiro atoms. The van der Waals surface area contributed by atoms with Gasteiger partial charge < -0.3 is 16.0 Å². The topological polar surface area (TPSA) is 130 Å². The van der Waals surface area contributed by atoms with Crippen molar-refractivity contribution in [2.45, 2.75) is 27.2 Å². The Morgan fingerprint density at radius 1 is 1.11 bits per heavy atom. The SMILES string of the molecule is CCCS(=O)(=O)Nc1ccc(C)c(C(=O)c2c[nH]c3ncc(-c4ccc(NCC)c(N)c4)cc23)c1F. The smallest absolute Gasteiger partial charge is 0.232 e. The number of sulfonamides is 1. The summed E-state index contributed by atoms with van der Waals surface area (Å²) in [5.74, 6) is -1.64. The molecule has 2 heterocycles. The van der Waals surface area contributed by atoms with Crippen LogP contribution in [0.5, 0.6) is 0 Å². The largest absolute Gasteiger partial charge is 0.397 e.